The third-order valence-corrected chi connectivity index (χ3v) is 3.66. The van der Waals surface area contributed by atoms with Gasteiger partial charge in [0.05, 0.1) is 5.56 Å². The van der Waals surface area contributed by atoms with E-state index in [4.69, 9.17) is 4.74 Å². The Hall–Kier alpha value is -2.50. The summed E-state index contributed by atoms with van der Waals surface area (Å²) in [5, 5.41) is 2.62. The number of carbonyl (C=O) groups is 1. The molecule has 1 N–H and O–H groups in total. The summed E-state index contributed by atoms with van der Waals surface area (Å²) < 4.78 is 43.5. The largest absolute Gasteiger partial charge is 0.480 e. The lowest BCUT2D eigenvalue weighted by Crippen LogP contribution is -2.37. The van der Waals surface area contributed by atoms with E-state index < -0.39 is 17.8 Å². The maximum absolute atomic E-state index is 12.7. The van der Waals surface area contributed by atoms with Crippen molar-refractivity contribution in [2.75, 3.05) is 0 Å². The first kappa shape index (κ1) is 15.4. The van der Waals surface area contributed by atoms with Gasteiger partial charge in [0.1, 0.15) is 5.75 Å². The number of amides is 1. The molecule has 1 unspecified atom stereocenters. The molecule has 3 rings (SSSR count). The van der Waals surface area contributed by atoms with Gasteiger partial charge in [0.25, 0.3) is 5.91 Å². The Kier molecular flexibility index (Phi) is 3.98. The van der Waals surface area contributed by atoms with E-state index in [0.29, 0.717) is 17.7 Å². The smallest absolute Gasteiger partial charge is 0.416 e. The molecule has 6 heteroatoms. The Labute approximate surface area is 131 Å². The fraction of sp³-hybridized carbons (Fsp3) is 0.235. The molecule has 0 saturated carbocycles. The molecule has 0 aromatic heterocycles. The van der Waals surface area contributed by atoms with Crippen molar-refractivity contribution in [3.63, 3.8) is 0 Å². The van der Waals surface area contributed by atoms with Crippen molar-refractivity contribution in [3.8, 4) is 5.75 Å². The first-order valence-electron chi connectivity index (χ1n) is 7.12. The zero-order valence-electron chi connectivity index (χ0n) is 12.1. The Balaban J connectivity index is 1.60. The van der Waals surface area contributed by atoms with Gasteiger partial charge in [-0.1, -0.05) is 30.3 Å². The molecule has 0 saturated heterocycles. The van der Waals surface area contributed by atoms with Gasteiger partial charge >= 0.3 is 6.18 Å². The summed E-state index contributed by atoms with van der Waals surface area (Å²) in [5.74, 6) is 0.338. The van der Waals surface area contributed by atoms with Crippen LogP contribution >= 0.6 is 0 Å². The van der Waals surface area contributed by atoms with Crippen LogP contribution in [0.2, 0.25) is 0 Å². The molecule has 23 heavy (non-hydrogen) atoms. The summed E-state index contributed by atoms with van der Waals surface area (Å²) >= 11 is 0. The molecule has 1 amide bonds. The summed E-state index contributed by atoms with van der Waals surface area (Å²) in [5.41, 5.74) is 0.615. The first-order valence-corrected chi connectivity index (χ1v) is 7.12. The number of nitrogens with one attached hydrogen (secondary N) is 1. The molecular formula is C17H14F3NO2. The minimum Gasteiger partial charge on any atom is -0.480 e. The molecule has 1 heterocycles. The fourth-order valence-corrected chi connectivity index (χ4v) is 2.49. The highest BCUT2D eigenvalue weighted by atomic mass is 19.4. The summed E-state index contributed by atoms with van der Waals surface area (Å²) in [6.07, 6.45) is -4.57. The summed E-state index contributed by atoms with van der Waals surface area (Å²) in [6, 6.07) is 12.3. The lowest BCUT2D eigenvalue weighted by molar-refractivity contribution is -0.137. The maximum atomic E-state index is 12.7. The molecule has 0 radical (unpaired) electrons. The Morgan fingerprint density at radius 1 is 1.17 bits per heavy atom. The second-order valence-electron chi connectivity index (χ2n) is 5.33. The molecule has 1 aliphatic heterocycles. The van der Waals surface area contributed by atoms with E-state index in [9.17, 15) is 18.0 Å². The average molecular weight is 321 g/mol. The highest BCUT2D eigenvalue weighted by Crippen LogP contribution is 2.30. The number of rotatable bonds is 3. The van der Waals surface area contributed by atoms with Crippen molar-refractivity contribution >= 4 is 5.91 Å². The van der Waals surface area contributed by atoms with Crippen LogP contribution < -0.4 is 10.1 Å². The van der Waals surface area contributed by atoms with Crippen molar-refractivity contribution in [1.82, 2.24) is 5.32 Å². The van der Waals surface area contributed by atoms with Gasteiger partial charge in [0.2, 0.25) is 0 Å². The number of ether oxygens (including phenoxy) is 1. The van der Waals surface area contributed by atoms with E-state index in [0.717, 1.165) is 17.7 Å². The second kappa shape index (κ2) is 5.95. The van der Waals surface area contributed by atoms with Gasteiger partial charge in [-0.3, -0.25) is 4.79 Å². The van der Waals surface area contributed by atoms with E-state index >= 15 is 0 Å². The quantitative estimate of drug-likeness (QED) is 0.942. The predicted octanol–water partition coefficient (Wildman–Crippen LogP) is 3.33. The van der Waals surface area contributed by atoms with Crippen LogP contribution in [0.3, 0.4) is 0 Å². The van der Waals surface area contributed by atoms with E-state index in [2.05, 4.69) is 5.32 Å². The van der Waals surface area contributed by atoms with Gasteiger partial charge in [-0.05, 0) is 29.3 Å². The van der Waals surface area contributed by atoms with Gasteiger partial charge in [-0.25, -0.2) is 0 Å². The van der Waals surface area contributed by atoms with Crippen molar-refractivity contribution in [2.45, 2.75) is 25.2 Å². The van der Waals surface area contributed by atoms with Gasteiger partial charge in [-0.15, -0.1) is 0 Å². The molecule has 0 spiro atoms. The van der Waals surface area contributed by atoms with E-state index in [1.165, 1.54) is 6.07 Å². The SMILES string of the molecule is O=C(NCc1cccc(C(F)(F)F)c1)C1Cc2ccccc2O1. The van der Waals surface area contributed by atoms with Crippen molar-refractivity contribution < 1.29 is 22.7 Å². The van der Waals surface area contributed by atoms with Gasteiger partial charge in [-0.2, -0.15) is 13.2 Å². The number of hydrogen-bond acceptors (Lipinski definition) is 2. The summed E-state index contributed by atoms with van der Waals surface area (Å²) in [7, 11) is 0. The third-order valence-electron chi connectivity index (χ3n) is 3.66. The molecule has 1 atom stereocenters. The van der Waals surface area contributed by atoms with Crippen molar-refractivity contribution in [1.29, 1.82) is 0 Å². The van der Waals surface area contributed by atoms with E-state index in [1.807, 2.05) is 18.2 Å². The predicted molar refractivity (Wildman–Crippen MR) is 77.9 cm³/mol. The standard InChI is InChI=1S/C17H14F3NO2/c18-17(19,20)13-6-3-4-11(8-13)10-21-16(22)15-9-12-5-1-2-7-14(12)23-15/h1-8,15H,9-10H2,(H,21,22). The molecule has 0 bridgehead atoms. The van der Waals surface area contributed by atoms with Gasteiger partial charge in [0.15, 0.2) is 6.10 Å². The Bertz CT molecular complexity index is 703. The zero-order valence-corrected chi connectivity index (χ0v) is 12.1. The van der Waals surface area contributed by atoms with Crippen LogP contribution in [0, 0.1) is 0 Å². The van der Waals surface area contributed by atoms with Crippen LogP contribution in [0.4, 0.5) is 13.2 Å². The third kappa shape index (κ3) is 3.47. The van der Waals surface area contributed by atoms with Crippen LogP contribution in [0.15, 0.2) is 48.5 Å². The highest BCUT2D eigenvalue weighted by molar-refractivity contribution is 5.82. The van der Waals surface area contributed by atoms with Crippen molar-refractivity contribution in [2.24, 2.45) is 0 Å². The molecule has 3 nitrogen and oxygen atoms in total. The Morgan fingerprint density at radius 2 is 1.96 bits per heavy atom. The lowest BCUT2D eigenvalue weighted by atomic mass is 10.1. The zero-order chi connectivity index (χ0) is 16.4. The number of carbonyl (C=O) groups excluding carboxylic acids is 1. The summed E-state index contributed by atoms with van der Waals surface area (Å²) in [6.45, 7) is 0.0267. The van der Waals surface area contributed by atoms with E-state index in [-0.39, 0.29) is 12.5 Å². The minimum atomic E-state index is -4.39. The normalized spacial score (nSPS) is 16.6. The number of hydrogen-bond donors (Lipinski definition) is 1. The number of benzene rings is 2. The average Bonchev–Trinajstić information content (AvgIpc) is 2.96. The highest BCUT2D eigenvalue weighted by Gasteiger charge is 2.31. The fourth-order valence-electron chi connectivity index (χ4n) is 2.49. The molecule has 2 aromatic carbocycles. The van der Waals surface area contributed by atoms with Crippen LogP contribution in [0.1, 0.15) is 16.7 Å². The van der Waals surface area contributed by atoms with Gasteiger partial charge < -0.3 is 10.1 Å². The number of alkyl halides is 3. The van der Waals surface area contributed by atoms with E-state index in [1.54, 1.807) is 12.1 Å². The molecule has 120 valence electrons. The maximum Gasteiger partial charge on any atom is 0.416 e. The molecule has 2 aromatic rings. The van der Waals surface area contributed by atoms with Crippen LogP contribution in [0.25, 0.3) is 0 Å². The minimum absolute atomic E-state index is 0.0267. The Morgan fingerprint density at radius 3 is 2.70 bits per heavy atom. The van der Waals surface area contributed by atoms with Gasteiger partial charge in [0, 0.05) is 13.0 Å². The van der Waals surface area contributed by atoms with Crippen LogP contribution in [0.5, 0.6) is 5.75 Å². The second-order valence-corrected chi connectivity index (χ2v) is 5.33. The molecule has 0 aliphatic carbocycles. The molecular weight excluding hydrogens is 307 g/mol. The first-order chi connectivity index (χ1) is 10.9. The lowest BCUT2D eigenvalue weighted by Gasteiger charge is -2.12. The number of halogens is 3. The van der Waals surface area contributed by atoms with Crippen LogP contribution in [-0.2, 0) is 23.9 Å². The molecule has 1 aliphatic rings. The molecule has 0 fully saturated rings. The summed E-state index contributed by atoms with van der Waals surface area (Å²) in [4.78, 5) is 12.1. The van der Waals surface area contributed by atoms with Crippen molar-refractivity contribution in [3.05, 3.63) is 65.2 Å². The monoisotopic (exact) mass is 321 g/mol. The van der Waals surface area contributed by atoms with Crippen LogP contribution in [-0.4, -0.2) is 12.0 Å². The number of para-hydroxylation sites is 1. The number of fused-ring (bicyclic) bond motifs is 1. The topological polar surface area (TPSA) is 38.3 Å².